The highest BCUT2D eigenvalue weighted by molar-refractivity contribution is 6.07. The van der Waals surface area contributed by atoms with Gasteiger partial charge in [-0.25, -0.2) is 4.79 Å². The Labute approximate surface area is 152 Å². The average Bonchev–Trinajstić information content (AvgIpc) is 2.91. The van der Waals surface area contributed by atoms with E-state index in [-0.39, 0.29) is 11.9 Å². The number of amides is 3. The van der Waals surface area contributed by atoms with E-state index in [9.17, 15) is 9.59 Å². The van der Waals surface area contributed by atoms with Crippen molar-refractivity contribution in [3.05, 3.63) is 54.1 Å². The number of carbonyl (C=O) groups excluding carboxylic acids is 2. The van der Waals surface area contributed by atoms with Crippen molar-refractivity contribution >= 4 is 17.6 Å². The van der Waals surface area contributed by atoms with Crippen molar-refractivity contribution in [2.24, 2.45) is 0 Å². The predicted octanol–water partition coefficient (Wildman–Crippen LogP) is 2.97. The third-order valence-electron chi connectivity index (χ3n) is 5.09. The molecule has 2 fully saturated rings. The molecule has 1 spiro atoms. The Morgan fingerprint density at radius 2 is 1.50 bits per heavy atom. The first-order valence-electron chi connectivity index (χ1n) is 8.77. The topological polar surface area (TPSA) is 70.7 Å². The maximum atomic E-state index is 12.0. The molecule has 0 unspecified atom stereocenters. The van der Waals surface area contributed by atoms with Crippen LogP contribution in [0.2, 0.25) is 0 Å². The van der Waals surface area contributed by atoms with Gasteiger partial charge in [-0.3, -0.25) is 10.1 Å². The Hall–Kier alpha value is -3.02. The summed E-state index contributed by atoms with van der Waals surface area (Å²) >= 11 is 0. The van der Waals surface area contributed by atoms with Crippen molar-refractivity contribution in [2.45, 2.75) is 25.3 Å². The fourth-order valence-corrected chi connectivity index (χ4v) is 3.49. The lowest BCUT2D eigenvalue weighted by Gasteiger charge is -2.38. The first-order valence-corrected chi connectivity index (χ1v) is 8.77. The van der Waals surface area contributed by atoms with Gasteiger partial charge < -0.3 is 15.0 Å². The molecule has 3 amide bonds. The molecule has 2 N–H and O–H groups in total. The molecule has 0 atom stereocenters. The number of rotatable bonds is 3. The molecule has 2 aliphatic rings. The van der Waals surface area contributed by atoms with Gasteiger partial charge in [0.25, 0.3) is 5.91 Å². The molecule has 2 aromatic rings. The minimum absolute atomic E-state index is 0.205. The third-order valence-corrected chi connectivity index (χ3v) is 5.09. The zero-order chi connectivity index (χ0) is 18.1. The number of ether oxygens (including phenoxy) is 1. The lowest BCUT2D eigenvalue weighted by molar-refractivity contribution is -0.124. The van der Waals surface area contributed by atoms with Gasteiger partial charge in [0, 0.05) is 18.8 Å². The minimum atomic E-state index is -0.734. The number of hydrogen-bond acceptors (Lipinski definition) is 4. The molecule has 0 saturated carbocycles. The fraction of sp³-hybridized carbons (Fsp3) is 0.300. The zero-order valence-corrected chi connectivity index (χ0v) is 14.6. The molecule has 2 aromatic carbocycles. The number of nitrogens with zero attached hydrogens (tertiary/aromatic N) is 1. The van der Waals surface area contributed by atoms with Crippen molar-refractivity contribution in [1.29, 1.82) is 0 Å². The second-order valence-corrected chi connectivity index (χ2v) is 6.89. The van der Waals surface area contributed by atoms with Crippen LogP contribution in [0.15, 0.2) is 48.5 Å². The van der Waals surface area contributed by atoms with E-state index in [1.165, 1.54) is 5.56 Å². The van der Waals surface area contributed by atoms with Crippen molar-refractivity contribution < 1.29 is 14.3 Å². The smallest absolute Gasteiger partial charge is 0.322 e. The summed E-state index contributed by atoms with van der Waals surface area (Å²) in [5.41, 5.74) is 1.55. The molecule has 134 valence electrons. The first-order chi connectivity index (χ1) is 12.5. The highest BCUT2D eigenvalue weighted by Crippen LogP contribution is 2.30. The number of carbonyl (C=O) groups is 2. The molecule has 2 aliphatic heterocycles. The Kier molecular flexibility index (Phi) is 4.03. The standard InChI is InChI=1S/C20H21N3O3/c1-14-2-6-16(7-3-14)26-17-8-4-15(5-9-17)23-12-10-20(11-13-23)18(24)21-19(25)22-20/h2-9H,10-13H2,1H3,(H2,21,22,24,25). The Morgan fingerprint density at radius 1 is 0.923 bits per heavy atom. The monoisotopic (exact) mass is 351 g/mol. The van der Waals surface area contributed by atoms with E-state index in [4.69, 9.17) is 4.74 Å². The van der Waals surface area contributed by atoms with Crippen LogP contribution >= 0.6 is 0 Å². The van der Waals surface area contributed by atoms with Gasteiger partial charge in [0.15, 0.2) is 0 Å². The number of benzene rings is 2. The second-order valence-electron chi connectivity index (χ2n) is 6.89. The van der Waals surface area contributed by atoms with Crippen molar-refractivity contribution in [2.75, 3.05) is 18.0 Å². The molecule has 0 aromatic heterocycles. The normalized spacial score (nSPS) is 18.6. The number of hydrogen-bond donors (Lipinski definition) is 2. The molecule has 26 heavy (non-hydrogen) atoms. The van der Waals surface area contributed by atoms with Crippen molar-refractivity contribution in [1.82, 2.24) is 10.6 Å². The average molecular weight is 351 g/mol. The summed E-state index contributed by atoms with van der Waals surface area (Å²) in [6.45, 7) is 3.47. The molecule has 0 radical (unpaired) electrons. The van der Waals surface area contributed by atoms with Crippen LogP contribution in [0.25, 0.3) is 0 Å². The highest BCUT2D eigenvalue weighted by Gasteiger charge is 2.47. The molecule has 2 saturated heterocycles. The number of imide groups is 1. The maximum absolute atomic E-state index is 12.0. The third kappa shape index (κ3) is 3.10. The van der Waals surface area contributed by atoms with Crippen LogP contribution in [0.3, 0.4) is 0 Å². The van der Waals surface area contributed by atoms with E-state index in [1.54, 1.807) is 0 Å². The van der Waals surface area contributed by atoms with Crippen LogP contribution in [-0.2, 0) is 4.79 Å². The largest absolute Gasteiger partial charge is 0.457 e. The van der Waals surface area contributed by atoms with Gasteiger partial charge in [-0.05, 0) is 56.2 Å². The van der Waals surface area contributed by atoms with Crippen LogP contribution in [0.5, 0.6) is 11.5 Å². The van der Waals surface area contributed by atoms with E-state index < -0.39 is 5.54 Å². The van der Waals surface area contributed by atoms with Gasteiger partial charge in [0.1, 0.15) is 17.0 Å². The summed E-state index contributed by atoms with van der Waals surface area (Å²) < 4.78 is 5.86. The second kappa shape index (κ2) is 6.37. The van der Waals surface area contributed by atoms with Crippen LogP contribution < -0.4 is 20.3 Å². The van der Waals surface area contributed by atoms with E-state index in [2.05, 4.69) is 15.5 Å². The SMILES string of the molecule is Cc1ccc(Oc2ccc(N3CCC4(CC3)NC(=O)NC4=O)cc2)cc1. The molecule has 6 nitrogen and oxygen atoms in total. The van der Waals surface area contributed by atoms with Gasteiger partial charge in [0.05, 0.1) is 0 Å². The lowest BCUT2D eigenvalue weighted by Crippen LogP contribution is -2.54. The predicted molar refractivity (Wildman–Crippen MR) is 98.5 cm³/mol. The summed E-state index contributed by atoms with van der Waals surface area (Å²) in [4.78, 5) is 25.6. The number of urea groups is 1. The van der Waals surface area contributed by atoms with Crippen LogP contribution in [0, 0.1) is 6.92 Å². The van der Waals surface area contributed by atoms with Crippen LogP contribution in [-0.4, -0.2) is 30.6 Å². The Balaban J connectivity index is 1.39. The van der Waals surface area contributed by atoms with Gasteiger partial charge in [-0.2, -0.15) is 0 Å². The lowest BCUT2D eigenvalue weighted by atomic mass is 9.87. The molecule has 0 aliphatic carbocycles. The number of nitrogens with one attached hydrogen (secondary N) is 2. The van der Waals surface area contributed by atoms with E-state index in [0.29, 0.717) is 25.9 Å². The van der Waals surface area contributed by atoms with Crippen LogP contribution in [0.4, 0.5) is 10.5 Å². The molecule has 6 heteroatoms. The maximum Gasteiger partial charge on any atom is 0.322 e. The summed E-state index contributed by atoms with van der Waals surface area (Å²) in [6, 6.07) is 15.5. The number of anilines is 1. The Bertz CT molecular complexity index is 822. The quantitative estimate of drug-likeness (QED) is 0.834. The minimum Gasteiger partial charge on any atom is -0.457 e. The first kappa shape index (κ1) is 16.4. The van der Waals surface area contributed by atoms with Crippen molar-refractivity contribution in [3.63, 3.8) is 0 Å². The van der Waals surface area contributed by atoms with Gasteiger partial charge in [0.2, 0.25) is 0 Å². The number of piperidine rings is 1. The Morgan fingerprint density at radius 3 is 2.04 bits per heavy atom. The van der Waals surface area contributed by atoms with Gasteiger partial charge in [-0.1, -0.05) is 17.7 Å². The zero-order valence-electron chi connectivity index (χ0n) is 14.6. The molecule has 0 bridgehead atoms. The highest BCUT2D eigenvalue weighted by atomic mass is 16.5. The summed E-state index contributed by atoms with van der Waals surface area (Å²) in [7, 11) is 0. The molecule has 4 rings (SSSR count). The molecule has 2 heterocycles. The van der Waals surface area contributed by atoms with E-state index in [1.807, 2.05) is 55.5 Å². The van der Waals surface area contributed by atoms with Gasteiger partial charge in [-0.15, -0.1) is 0 Å². The van der Waals surface area contributed by atoms with Crippen molar-refractivity contribution in [3.8, 4) is 11.5 Å². The van der Waals surface area contributed by atoms with Crippen LogP contribution in [0.1, 0.15) is 18.4 Å². The summed E-state index contributed by atoms with van der Waals surface area (Å²) in [5, 5.41) is 5.13. The molecular formula is C20H21N3O3. The fourth-order valence-electron chi connectivity index (χ4n) is 3.49. The van der Waals surface area contributed by atoms with E-state index in [0.717, 1.165) is 17.2 Å². The number of aryl methyl sites for hydroxylation is 1. The molecular weight excluding hydrogens is 330 g/mol. The van der Waals surface area contributed by atoms with E-state index >= 15 is 0 Å². The summed E-state index contributed by atoms with van der Waals surface area (Å²) in [6.07, 6.45) is 1.21. The van der Waals surface area contributed by atoms with Gasteiger partial charge >= 0.3 is 6.03 Å². The summed E-state index contributed by atoms with van der Waals surface area (Å²) in [5.74, 6) is 1.39.